The number of allylic oxidation sites excluding steroid dienone is 1. The second-order valence-electron chi connectivity index (χ2n) is 2.96. The van der Waals surface area contributed by atoms with Gasteiger partial charge in [0.1, 0.15) is 5.76 Å². The van der Waals surface area contributed by atoms with Crippen LogP contribution in [0.5, 0.6) is 0 Å². The topological polar surface area (TPSA) is 78.8 Å². The third-order valence-corrected chi connectivity index (χ3v) is 2.10. The van der Waals surface area contributed by atoms with Crippen LogP contribution >= 0.6 is 11.6 Å². The molecule has 0 radical (unpaired) electrons. The lowest BCUT2D eigenvalue weighted by Gasteiger charge is -2.05. The summed E-state index contributed by atoms with van der Waals surface area (Å²) >= 11 is 5.79. The fourth-order valence-corrected chi connectivity index (χ4v) is 1.20. The molecule has 0 bridgehead atoms. The summed E-state index contributed by atoms with van der Waals surface area (Å²) in [6.45, 7) is 1.20. The summed E-state index contributed by atoms with van der Waals surface area (Å²) < 4.78 is 0. The lowest BCUT2D eigenvalue weighted by atomic mass is 10.3. The van der Waals surface area contributed by atoms with Gasteiger partial charge in [-0.25, -0.2) is 0 Å². The number of rotatable bonds is 3. The molecule has 16 heavy (non-hydrogen) atoms. The monoisotopic (exact) mass is 240 g/mol. The first kappa shape index (κ1) is 12.2. The zero-order valence-corrected chi connectivity index (χ0v) is 9.15. The van der Waals surface area contributed by atoms with Crippen LogP contribution in [0, 0.1) is 4.91 Å². The van der Waals surface area contributed by atoms with E-state index in [9.17, 15) is 9.70 Å². The van der Waals surface area contributed by atoms with Crippen molar-refractivity contribution in [2.45, 2.75) is 6.92 Å². The zero-order valence-electron chi connectivity index (χ0n) is 8.40. The van der Waals surface area contributed by atoms with Gasteiger partial charge in [0.15, 0.2) is 0 Å². The molecular weight excluding hydrogens is 232 g/mol. The number of aliphatic hydroxyl groups is 1. The summed E-state index contributed by atoms with van der Waals surface area (Å²) in [5, 5.41) is 14.2. The van der Waals surface area contributed by atoms with E-state index >= 15 is 0 Å². The van der Waals surface area contributed by atoms with Crippen LogP contribution in [0.3, 0.4) is 0 Å². The predicted octanol–water partition coefficient (Wildman–Crippen LogP) is 2.83. The molecule has 0 fully saturated rings. The smallest absolute Gasteiger partial charge is 0.281 e. The molecule has 6 heteroatoms. The van der Waals surface area contributed by atoms with Crippen LogP contribution in [-0.2, 0) is 4.79 Å². The van der Waals surface area contributed by atoms with Crippen LogP contribution in [0.25, 0.3) is 0 Å². The van der Waals surface area contributed by atoms with Gasteiger partial charge >= 0.3 is 0 Å². The molecule has 0 aliphatic carbocycles. The van der Waals surface area contributed by atoms with Crippen LogP contribution < -0.4 is 5.32 Å². The van der Waals surface area contributed by atoms with Crippen molar-refractivity contribution in [1.29, 1.82) is 0 Å². The summed E-state index contributed by atoms with van der Waals surface area (Å²) in [5.74, 6) is -1.25. The van der Waals surface area contributed by atoms with Crippen LogP contribution in [0.4, 0.5) is 5.69 Å². The van der Waals surface area contributed by atoms with E-state index in [4.69, 9.17) is 16.7 Å². The minimum absolute atomic E-state index is 0.330. The Balaban J connectivity index is 2.92. The molecule has 0 atom stereocenters. The number of hydrogen-bond acceptors (Lipinski definition) is 4. The first-order valence-corrected chi connectivity index (χ1v) is 4.73. The lowest BCUT2D eigenvalue weighted by Crippen LogP contribution is -2.14. The molecule has 1 aromatic rings. The van der Waals surface area contributed by atoms with Gasteiger partial charge in [-0.2, -0.15) is 0 Å². The van der Waals surface area contributed by atoms with Crippen molar-refractivity contribution in [3.63, 3.8) is 0 Å². The van der Waals surface area contributed by atoms with Gasteiger partial charge < -0.3 is 10.4 Å². The van der Waals surface area contributed by atoms with Crippen molar-refractivity contribution in [1.82, 2.24) is 0 Å². The van der Waals surface area contributed by atoms with Gasteiger partial charge in [0.05, 0.1) is 10.7 Å². The Morgan fingerprint density at radius 3 is 2.56 bits per heavy atom. The molecule has 1 amide bonds. The van der Waals surface area contributed by atoms with Crippen molar-refractivity contribution >= 4 is 23.2 Å². The summed E-state index contributed by atoms with van der Waals surface area (Å²) in [4.78, 5) is 21.8. The van der Waals surface area contributed by atoms with Gasteiger partial charge in [-0.3, -0.25) is 4.79 Å². The van der Waals surface area contributed by atoms with Crippen LogP contribution in [0.15, 0.2) is 40.9 Å². The Kier molecular flexibility index (Phi) is 4.02. The summed E-state index contributed by atoms with van der Waals surface area (Å²) in [5.41, 5.74) is -0.225. The minimum Gasteiger partial charge on any atom is -0.510 e. The first-order valence-electron chi connectivity index (χ1n) is 4.35. The van der Waals surface area contributed by atoms with Gasteiger partial charge in [-0.1, -0.05) is 23.7 Å². The minimum atomic E-state index is -0.803. The average molecular weight is 241 g/mol. The van der Waals surface area contributed by atoms with Crippen LogP contribution in [0.1, 0.15) is 6.92 Å². The number of aliphatic hydroxyl groups excluding tert-OH is 1. The van der Waals surface area contributed by atoms with Crippen molar-refractivity contribution in [2.24, 2.45) is 5.18 Å². The Bertz CT molecular complexity index is 453. The Hall–Kier alpha value is -1.88. The second-order valence-corrected chi connectivity index (χ2v) is 3.37. The van der Waals surface area contributed by atoms with E-state index in [1.807, 2.05) is 0 Å². The summed E-state index contributed by atoms with van der Waals surface area (Å²) in [6, 6.07) is 6.52. The number of nitrogens with one attached hydrogen (secondary N) is 1. The number of amides is 1. The molecule has 0 saturated heterocycles. The van der Waals surface area contributed by atoms with E-state index < -0.39 is 17.4 Å². The fourth-order valence-electron chi connectivity index (χ4n) is 1.02. The van der Waals surface area contributed by atoms with Gasteiger partial charge in [0.2, 0.25) is 5.70 Å². The predicted molar refractivity (Wildman–Crippen MR) is 61.2 cm³/mol. The molecule has 1 aromatic carbocycles. The molecule has 0 saturated carbocycles. The van der Waals surface area contributed by atoms with Crippen molar-refractivity contribution in [2.75, 3.05) is 5.32 Å². The van der Waals surface area contributed by atoms with E-state index in [2.05, 4.69) is 10.5 Å². The van der Waals surface area contributed by atoms with Crippen LogP contribution in [-0.4, -0.2) is 11.0 Å². The maximum absolute atomic E-state index is 11.5. The van der Waals surface area contributed by atoms with Gasteiger partial charge in [0.25, 0.3) is 5.91 Å². The largest absolute Gasteiger partial charge is 0.510 e. The van der Waals surface area contributed by atoms with Gasteiger partial charge in [0, 0.05) is 0 Å². The van der Waals surface area contributed by atoms with Gasteiger partial charge in [-0.15, -0.1) is 4.91 Å². The number of nitrogens with zero attached hydrogens (tertiary/aromatic N) is 1. The number of para-hydroxylation sites is 1. The average Bonchev–Trinajstić information content (AvgIpc) is 2.22. The standard InChI is InChI=1S/C10H9ClN2O3/c1-6(14)9(13-16)10(15)12-8-5-3-2-4-7(8)11/h2-5,14H,1H3,(H,12,15). The highest BCUT2D eigenvalue weighted by Gasteiger charge is 2.14. The molecule has 0 unspecified atom stereocenters. The Morgan fingerprint density at radius 1 is 1.44 bits per heavy atom. The van der Waals surface area contributed by atoms with E-state index in [0.29, 0.717) is 10.7 Å². The molecule has 2 N–H and O–H groups in total. The van der Waals surface area contributed by atoms with Gasteiger partial charge in [-0.05, 0) is 24.2 Å². The maximum atomic E-state index is 11.5. The highest BCUT2D eigenvalue weighted by atomic mass is 35.5. The molecule has 5 nitrogen and oxygen atoms in total. The second kappa shape index (κ2) is 5.27. The molecule has 1 rings (SSSR count). The number of nitroso groups, excluding NO2 is 1. The van der Waals surface area contributed by atoms with E-state index in [1.165, 1.54) is 6.92 Å². The van der Waals surface area contributed by atoms with Crippen molar-refractivity contribution in [3.8, 4) is 0 Å². The number of carbonyl (C=O) groups excluding carboxylic acids is 1. The summed E-state index contributed by atoms with van der Waals surface area (Å²) in [7, 11) is 0. The van der Waals surface area contributed by atoms with E-state index in [-0.39, 0.29) is 0 Å². The van der Waals surface area contributed by atoms with Crippen LogP contribution in [0.2, 0.25) is 5.02 Å². The molecule has 0 aliphatic heterocycles. The number of anilines is 1. The molecule has 0 heterocycles. The van der Waals surface area contributed by atoms with Crippen molar-refractivity contribution < 1.29 is 9.90 Å². The van der Waals surface area contributed by atoms with Crippen molar-refractivity contribution in [3.05, 3.63) is 45.7 Å². The molecule has 0 spiro atoms. The fraction of sp³-hybridized carbons (Fsp3) is 0.100. The lowest BCUT2D eigenvalue weighted by molar-refractivity contribution is -0.113. The molecule has 0 aromatic heterocycles. The number of carbonyl (C=O) groups is 1. The molecular formula is C10H9ClN2O3. The number of halogens is 1. The third kappa shape index (κ3) is 2.80. The number of hydrogen-bond donors (Lipinski definition) is 2. The van der Waals surface area contributed by atoms with E-state index in [0.717, 1.165) is 0 Å². The highest BCUT2D eigenvalue weighted by Crippen LogP contribution is 2.21. The third-order valence-electron chi connectivity index (χ3n) is 1.77. The Morgan fingerprint density at radius 2 is 2.06 bits per heavy atom. The Labute approximate surface area is 96.7 Å². The normalized spacial score (nSPS) is 11.6. The summed E-state index contributed by atoms with van der Waals surface area (Å²) in [6.07, 6.45) is 0. The molecule has 0 aliphatic rings. The SMILES string of the molecule is CC(O)=C(N=O)C(=O)Nc1ccccc1Cl. The van der Waals surface area contributed by atoms with E-state index in [1.54, 1.807) is 24.3 Å². The quantitative estimate of drug-likeness (QED) is 0.484. The highest BCUT2D eigenvalue weighted by molar-refractivity contribution is 6.33. The maximum Gasteiger partial charge on any atom is 0.281 e. The number of benzene rings is 1. The first-order chi connectivity index (χ1) is 7.56. The zero-order chi connectivity index (χ0) is 12.1. The molecule has 84 valence electrons.